The van der Waals surface area contributed by atoms with Crippen molar-refractivity contribution >= 4 is 16.6 Å². The van der Waals surface area contributed by atoms with Gasteiger partial charge in [0.25, 0.3) is 0 Å². The Morgan fingerprint density at radius 2 is 1.91 bits per heavy atom. The molecule has 2 aromatic carbocycles. The lowest BCUT2D eigenvalue weighted by atomic mass is 10.00. The highest BCUT2D eigenvalue weighted by atomic mass is 19.1. The summed E-state index contributed by atoms with van der Waals surface area (Å²) in [7, 11) is 0. The fraction of sp³-hybridized carbons (Fsp3) is 0.211. The van der Waals surface area contributed by atoms with E-state index < -0.39 is 0 Å². The first-order valence-corrected chi connectivity index (χ1v) is 7.68. The van der Waals surface area contributed by atoms with E-state index in [4.69, 9.17) is 0 Å². The number of pyridine rings is 1. The molecule has 2 heterocycles. The lowest BCUT2D eigenvalue weighted by molar-refractivity contribution is 0.596. The highest BCUT2D eigenvalue weighted by Gasteiger charge is 2.21. The predicted molar refractivity (Wildman–Crippen MR) is 87.5 cm³/mol. The molecule has 22 heavy (non-hydrogen) atoms. The van der Waals surface area contributed by atoms with Gasteiger partial charge in [-0.2, -0.15) is 0 Å². The maximum absolute atomic E-state index is 14.3. The SMILES string of the molecule is Fc1cccc2c1N(Cc1cccc3cccnc13)CCC2. The van der Waals surface area contributed by atoms with Crippen LogP contribution in [0.4, 0.5) is 10.1 Å². The summed E-state index contributed by atoms with van der Waals surface area (Å²) in [5, 5.41) is 1.13. The van der Waals surface area contributed by atoms with Crippen molar-refractivity contribution in [2.75, 3.05) is 11.4 Å². The summed E-state index contributed by atoms with van der Waals surface area (Å²) >= 11 is 0. The molecule has 3 aromatic rings. The number of hydrogen-bond acceptors (Lipinski definition) is 2. The van der Waals surface area contributed by atoms with Crippen LogP contribution in [-0.2, 0) is 13.0 Å². The van der Waals surface area contributed by atoms with Crippen LogP contribution in [0.2, 0.25) is 0 Å². The summed E-state index contributed by atoms with van der Waals surface area (Å²) in [5.74, 6) is -0.120. The number of hydrogen-bond donors (Lipinski definition) is 0. The van der Waals surface area contributed by atoms with E-state index in [1.807, 2.05) is 24.4 Å². The molecule has 3 heteroatoms. The Labute approximate surface area is 129 Å². The molecular formula is C19H17FN2. The number of benzene rings is 2. The lowest BCUT2D eigenvalue weighted by Gasteiger charge is -2.31. The molecule has 0 saturated heterocycles. The molecule has 0 amide bonds. The van der Waals surface area contributed by atoms with Crippen LogP contribution in [0, 0.1) is 5.82 Å². The molecule has 0 spiro atoms. The molecule has 0 bridgehead atoms. The Kier molecular flexibility index (Phi) is 3.26. The van der Waals surface area contributed by atoms with Crippen LogP contribution >= 0.6 is 0 Å². The van der Waals surface area contributed by atoms with Crippen molar-refractivity contribution in [2.24, 2.45) is 0 Å². The number of fused-ring (bicyclic) bond motifs is 2. The van der Waals surface area contributed by atoms with Gasteiger partial charge < -0.3 is 4.90 Å². The zero-order chi connectivity index (χ0) is 14.9. The molecule has 2 nitrogen and oxygen atoms in total. The normalized spacial score (nSPS) is 14.1. The van der Waals surface area contributed by atoms with Crippen molar-refractivity contribution in [3.05, 3.63) is 71.7 Å². The molecule has 110 valence electrons. The highest BCUT2D eigenvalue weighted by Crippen LogP contribution is 2.31. The van der Waals surface area contributed by atoms with Crippen molar-refractivity contribution in [1.82, 2.24) is 4.98 Å². The Bertz CT molecular complexity index is 823. The Morgan fingerprint density at radius 1 is 1.05 bits per heavy atom. The van der Waals surface area contributed by atoms with Crippen LogP contribution in [-0.4, -0.2) is 11.5 Å². The average molecular weight is 292 g/mol. The topological polar surface area (TPSA) is 16.1 Å². The van der Waals surface area contributed by atoms with Gasteiger partial charge in [-0.05, 0) is 36.1 Å². The molecule has 0 saturated carbocycles. The van der Waals surface area contributed by atoms with Crippen LogP contribution in [0.15, 0.2) is 54.7 Å². The zero-order valence-corrected chi connectivity index (χ0v) is 12.3. The Morgan fingerprint density at radius 3 is 2.86 bits per heavy atom. The average Bonchev–Trinajstić information content (AvgIpc) is 2.56. The van der Waals surface area contributed by atoms with Gasteiger partial charge in [0.2, 0.25) is 0 Å². The van der Waals surface area contributed by atoms with Crippen molar-refractivity contribution in [3.63, 3.8) is 0 Å². The smallest absolute Gasteiger partial charge is 0.146 e. The summed E-state index contributed by atoms with van der Waals surface area (Å²) in [6.45, 7) is 1.58. The largest absolute Gasteiger partial charge is 0.365 e. The first kappa shape index (κ1) is 13.3. The molecule has 0 radical (unpaired) electrons. The van der Waals surface area contributed by atoms with E-state index in [0.29, 0.717) is 6.54 Å². The van der Waals surface area contributed by atoms with Crippen molar-refractivity contribution in [1.29, 1.82) is 0 Å². The number of aromatic nitrogens is 1. The van der Waals surface area contributed by atoms with Gasteiger partial charge >= 0.3 is 0 Å². The van der Waals surface area contributed by atoms with Crippen molar-refractivity contribution in [3.8, 4) is 0 Å². The third kappa shape index (κ3) is 2.23. The number of anilines is 1. The van der Waals surface area contributed by atoms with Gasteiger partial charge in [-0.15, -0.1) is 0 Å². The van der Waals surface area contributed by atoms with Crippen LogP contribution < -0.4 is 4.90 Å². The fourth-order valence-corrected chi connectivity index (χ4v) is 3.35. The third-order valence-electron chi connectivity index (χ3n) is 4.34. The number of para-hydroxylation sites is 2. The van der Waals surface area contributed by atoms with Gasteiger partial charge in [0, 0.05) is 24.7 Å². The van der Waals surface area contributed by atoms with Gasteiger partial charge in [0.15, 0.2) is 0 Å². The Hall–Kier alpha value is -2.42. The third-order valence-corrected chi connectivity index (χ3v) is 4.34. The molecule has 1 aliphatic heterocycles. The Balaban J connectivity index is 1.76. The number of nitrogens with zero attached hydrogens (tertiary/aromatic N) is 2. The van der Waals surface area contributed by atoms with E-state index in [-0.39, 0.29) is 5.82 Å². The minimum absolute atomic E-state index is 0.120. The van der Waals surface area contributed by atoms with Crippen LogP contribution in [0.5, 0.6) is 0 Å². The zero-order valence-electron chi connectivity index (χ0n) is 12.3. The van der Waals surface area contributed by atoms with Gasteiger partial charge in [0.05, 0.1) is 11.2 Å². The summed E-state index contributed by atoms with van der Waals surface area (Å²) in [6.07, 6.45) is 3.84. The van der Waals surface area contributed by atoms with E-state index in [1.165, 1.54) is 0 Å². The second-order valence-electron chi connectivity index (χ2n) is 5.76. The van der Waals surface area contributed by atoms with E-state index in [2.05, 4.69) is 28.1 Å². The standard InChI is InChI=1S/C19H17FN2/c20-17-10-2-6-15-9-4-12-22(19(15)17)13-16-7-1-5-14-8-3-11-21-18(14)16/h1-3,5-8,10-11H,4,9,12-13H2. The van der Waals surface area contributed by atoms with Gasteiger partial charge in [-0.25, -0.2) is 4.39 Å². The second-order valence-corrected chi connectivity index (χ2v) is 5.76. The monoisotopic (exact) mass is 292 g/mol. The predicted octanol–water partition coefficient (Wildman–Crippen LogP) is 4.33. The number of halogens is 1. The summed E-state index contributed by atoms with van der Waals surface area (Å²) in [6, 6.07) is 15.6. The quantitative estimate of drug-likeness (QED) is 0.699. The summed E-state index contributed by atoms with van der Waals surface area (Å²) in [5.41, 5.74) is 4.03. The molecule has 0 N–H and O–H groups in total. The van der Waals surface area contributed by atoms with Gasteiger partial charge in [-0.1, -0.05) is 36.4 Å². The first-order valence-electron chi connectivity index (χ1n) is 7.68. The van der Waals surface area contributed by atoms with E-state index >= 15 is 0 Å². The highest BCUT2D eigenvalue weighted by molar-refractivity contribution is 5.81. The van der Waals surface area contributed by atoms with E-state index in [1.54, 1.807) is 12.1 Å². The molecule has 0 fully saturated rings. The molecule has 1 aromatic heterocycles. The summed E-state index contributed by atoms with van der Waals surface area (Å²) in [4.78, 5) is 6.66. The maximum Gasteiger partial charge on any atom is 0.146 e. The molecule has 0 aliphatic carbocycles. The minimum atomic E-state index is -0.120. The van der Waals surface area contributed by atoms with E-state index in [9.17, 15) is 4.39 Å². The van der Waals surface area contributed by atoms with Crippen LogP contribution in [0.25, 0.3) is 10.9 Å². The maximum atomic E-state index is 14.3. The van der Waals surface area contributed by atoms with Crippen LogP contribution in [0.3, 0.4) is 0 Å². The molecule has 0 atom stereocenters. The second kappa shape index (κ2) is 5.41. The molecule has 1 aliphatic rings. The number of aryl methyl sites for hydroxylation is 1. The lowest BCUT2D eigenvalue weighted by Crippen LogP contribution is -2.30. The van der Waals surface area contributed by atoms with Crippen molar-refractivity contribution in [2.45, 2.75) is 19.4 Å². The van der Waals surface area contributed by atoms with Crippen LogP contribution in [0.1, 0.15) is 17.5 Å². The summed E-state index contributed by atoms with van der Waals surface area (Å²) < 4.78 is 14.3. The van der Waals surface area contributed by atoms with E-state index in [0.717, 1.165) is 47.1 Å². The molecular weight excluding hydrogens is 275 g/mol. The number of rotatable bonds is 2. The molecule has 4 rings (SSSR count). The van der Waals surface area contributed by atoms with Gasteiger partial charge in [-0.3, -0.25) is 4.98 Å². The van der Waals surface area contributed by atoms with Crippen molar-refractivity contribution < 1.29 is 4.39 Å². The fourth-order valence-electron chi connectivity index (χ4n) is 3.35. The van der Waals surface area contributed by atoms with Gasteiger partial charge in [0.1, 0.15) is 5.82 Å². The molecule has 0 unspecified atom stereocenters. The first-order chi connectivity index (χ1) is 10.8. The minimum Gasteiger partial charge on any atom is -0.365 e.